The molecule has 0 aliphatic rings. The number of carbonyl (C=O) groups excluding carboxylic acids is 1. The number of hydrogen-bond acceptors (Lipinski definition) is 5. The van der Waals surface area contributed by atoms with Crippen molar-refractivity contribution in [2.24, 2.45) is 0 Å². The van der Waals surface area contributed by atoms with Gasteiger partial charge in [-0.05, 0) is 36.4 Å². The Morgan fingerprint density at radius 2 is 2.12 bits per heavy atom. The Bertz CT molecular complexity index is 938. The number of rotatable bonds is 7. The molecule has 0 atom stereocenters. The van der Waals surface area contributed by atoms with Gasteiger partial charge in [0, 0.05) is 17.6 Å². The van der Waals surface area contributed by atoms with Crippen molar-refractivity contribution in [2.75, 3.05) is 13.2 Å². The van der Waals surface area contributed by atoms with Crippen molar-refractivity contribution in [1.82, 2.24) is 15.1 Å². The number of ether oxygens (including phenoxy) is 1. The second-order valence-electron chi connectivity index (χ2n) is 5.35. The second-order valence-corrected chi connectivity index (χ2v) is 5.79. The molecule has 3 aromatic rings. The zero-order chi connectivity index (χ0) is 18.4. The van der Waals surface area contributed by atoms with Crippen LogP contribution in [0.25, 0.3) is 11.5 Å². The van der Waals surface area contributed by atoms with Crippen molar-refractivity contribution >= 4 is 17.5 Å². The van der Waals surface area contributed by atoms with Gasteiger partial charge in [-0.3, -0.25) is 9.59 Å². The van der Waals surface area contributed by atoms with Crippen molar-refractivity contribution in [2.45, 2.75) is 6.54 Å². The second kappa shape index (κ2) is 8.35. The van der Waals surface area contributed by atoms with Crippen molar-refractivity contribution in [1.29, 1.82) is 0 Å². The number of hydrogen-bond donors (Lipinski definition) is 1. The lowest BCUT2D eigenvalue weighted by molar-refractivity contribution is -0.123. The maximum atomic E-state index is 11.9. The summed E-state index contributed by atoms with van der Waals surface area (Å²) in [6.45, 7) is 0.331. The van der Waals surface area contributed by atoms with E-state index in [0.29, 0.717) is 22.2 Å². The third kappa shape index (κ3) is 4.73. The van der Waals surface area contributed by atoms with E-state index in [1.165, 1.54) is 17.0 Å². The maximum Gasteiger partial charge on any atom is 0.266 e. The molecule has 2 aromatic heterocycles. The lowest BCUT2D eigenvalue weighted by atomic mass is 10.3. The summed E-state index contributed by atoms with van der Waals surface area (Å²) in [5, 5.41) is 7.44. The van der Waals surface area contributed by atoms with E-state index in [1.807, 2.05) is 0 Å². The minimum atomic E-state index is -0.305. The van der Waals surface area contributed by atoms with Crippen LogP contribution < -0.4 is 15.6 Å². The zero-order valence-corrected chi connectivity index (χ0v) is 14.5. The van der Waals surface area contributed by atoms with Gasteiger partial charge in [-0.2, -0.15) is 5.10 Å². The van der Waals surface area contributed by atoms with Crippen molar-refractivity contribution < 1.29 is 13.9 Å². The summed E-state index contributed by atoms with van der Waals surface area (Å²) in [6, 6.07) is 13.3. The summed E-state index contributed by atoms with van der Waals surface area (Å²) in [7, 11) is 0. The Balaban J connectivity index is 1.50. The predicted molar refractivity (Wildman–Crippen MR) is 96.2 cm³/mol. The number of furan rings is 1. The Labute approximate surface area is 154 Å². The number of halogens is 1. The molecule has 8 heteroatoms. The Morgan fingerprint density at radius 3 is 2.88 bits per heavy atom. The molecule has 0 saturated carbocycles. The van der Waals surface area contributed by atoms with Crippen LogP contribution in [0.3, 0.4) is 0 Å². The largest absolute Gasteiger partial charge is 0.484 e. The Morgan fingerprint density at radius 1 is 1.23 bits per heavy atom. The predicted octanol–water partition coefficient (Wildman–Crippen LogP) is 2.35. The Kier molecular flexibility index (Phi) is 5.70. The fourth-order valence-electron chi connectivity index (χ4n) is 2.22. The van der Waals surface area contributed by atoms with Crippen molar-refractivity contribution in [3.8, 4) is 17.2 Å². The van der Waals surface area contributed by atoms with E-state index in [4.69, 9.17) is 20.8 Å². The third-order valence-electron chi connectivity index (χ3n) is 3.45. The average Bonchev–Trinajstić information content (AvgIpc) is 3.16. The number of nitrogens with zero attached hydrogens (tertiary/aromatic N) is 2. The van der Waals surface area contributed by atoms with Gasteiger partial charge in [0.1, 0.15) is 11.4 Å². The van der Waals surface area contributed by atoms with Gasteiger partial charge in [-0.15, -0.1) is 0 Å². The highest BCUT2D eigenvalue weighted by Crippen LogP contribution is 2.17. The van der Waals surface area contributed by atoms with Crippen LogP contribution in [-0.2, 0) is 11.3 Å². The first-order chi connectivity index (χ1) is 12.6. The molecular formula is C18H16ClN3O4. The third-order valence-corrected chi connectivity index (χ3v) is 3.69. The summed E-state index contributed by atoms with van der Waals surface area (Å²) in [5.41, 5.74) is 0.287. The van der Waals surface area contributed by atoms with Crippen LogP contribution in [-0.4, -0.2) is 28.8 Å². The minimum Gasteiger partial charge on any atom is -0.484 e. The smallest absolute Gasteiger partial charge is 0.266 e. The summed E-state index contributed by atoms with van der Waals surface area (Å²) in [4.78, 5) is 23.7. The molecule has 0 spiro atoms. The van der Waals surface area contributed by atoms with Crippen LogP contribution >= 0.6 is 11.6 Å². The first kappa shape index (κ1) is 17.8. The van der Waals surface area contributed by atoms with Crippen molar-refractivity contribution in [3.05, 3.63) is 70.2 Å². The van der Waals surface area contributed by atoms with E-state index < -0.39 is 0 Å². The molecule has 0 aliphatic carbocycles. The van der Waals surface area contributed by atoms with Gasteiger partial charge in [0.15, 0.2) is 12.4 Å². The first-order valence-electron chi connectivity index (χ1n) is 7.89. The minimum absolute atomic E-state index is 0.144. The average molecular weight is 374 g/mol. The first-order valence-corrected chi connectivity index (χ1v) is 8.27. The molecule has 0 saturated heterocycles. The molecule has 0 radical (unpaired) electrons. The molecule has 1 amide bonds. The number of carbonyl (C=O) groups is 1. The summed E-state index contributed by atoms with van der Waals surface area (Å²) < 4.78 is 11.9. The Hall–Kier alpha value is -3.06. The van der Waals surface area contributed by atoms with E-state index in [9.17, 15) is 9.59 Å². The van der Waals surface area contributed by atoms with Crippen LogP contribution in [0.4, 0.5) is 0 Å². The molecule has 7 nitrogen and oxygen atoms in total. The summed E-state index contributed by atoms with van der Waals surface area (Å²) >= 11 is 5.85. The standard InChI is InChI=1S/C18H16ClN3O4/c19-13-3-1-4-14(11-13)26-12-17(23)20-8-9-22-18(24)7-6-15(21-22)16-5-2-10-25-16/h1-7,10-11H,8-9,12H2,(H,20,23). The van der Waals surface area contributed by atoms with Crippen LogP contribution in [0.1, 0.15) is 0 Å². The van der Waals surface area contributed by atoms with Gasteiger partial charge in [-0.1, -0.05) is 17.7 Å². The van der Waals surface area contributed by atoms with Crippen LogP contribution in [0.5, 0.6) is 5.75 Å². The van der Waals surface area contributed by atoms with Crippen LogP contribution in [0, 0.1) is 0 Å². The zero-order valence-electron chi connectivity index (χ0n) is 13.7. The van der Waals surface area contributed by atoms with Gasteiger partial charge >= 0.3 is 0 Å². The lowest BCUT2D eigenvalue weighted by Gasteiger charge is -2.09. The highest BCUT2D eigenvalue weighted by Gasteiger charge is 2.07. The highest BCUT2D eigenvalue weighted by atomic mass is 35.5. The maximum absolute atomic E-state index is 11.9. The summed E-state index contributed by atoms with van der Waals surface area (Å²) in [5.74, 6) is 0.773. The number of aromatic nitrogens is 2. The number of benzene rings is 1. The normalized spacial score (nSPS) is 10.5. The SMILES string of the molecule is O=C(COc1cccc(Cl)c1)NCCn1nc(-c2ccco2)ccc1=O. The fraction of sp³-hybridized carbons (Fsp3) is 0.167. The van der Waals surface area contributed by atoms with Gasteiger partial charge < -0.3 is 14.5 Å². The van der Waals surface area contributed by atoms with Crippen LogP contribution in [0.2, 0.25) is 5.02 Å². The molecule has 26 heavy (non-hydrogen) atoms. The number of nitrogens with one attached hydrogen (secondary N) is 1. The summed E-state index contributed by atoms with van der Waals surface area (Å²) in [6.07, 6.45) is 1.53. The van der Waals surface area contributed by atoms with Gasteiger partial charge in [0.25, 0.3) is 11.5 Å². The molecule has 1 aromatic carbocycles. The van der Waals surface area contributed by atoms with E-state index >= 15 is 0 Å². The van der Waals surface area contributed by atoms with Gasteiger partial charge in [-0.25, -0.2) is 4.68 Å². The molecule has 3 rings (SSSR count). The molecular weight excluding hydrogens is 358 g/mol. The van der Waals surface area contributed by atoms with Gasteiger partial charge in [0.2, 0.25) is 0 Å². The molecule has 0 aliphatic heterocycles. The lowest BCUT2D eigenvalue weighted by Crippen LogP contribution is -2.34. The van der Waals surface area contributed by atoms with Crippen LogP contribution in [0.15, 0.2) is 64.0 Å². The monoisotopic (exact) mass is 373 g/mol. The molecule has 1 N–H and O–H groups in total. The van der Waals surface area contributed by atoms with Gasteiger partial charge in [0.05, 0.1) is 12.8 Å². The molecule has 134 valence electrons. The van der Waals surface area contributed by atoms with Crippen molar-refractivity contribution in [3.63, 3.8) is 0 Å². The quantitative estimate of drug-likeness (QED) is 0.687. The van der Waals surface area contributed by atoms with E-state index in [0.717, 1.165) is 0 Å². The number of amides is 1. The van der Waals surface area contributed by atoms with E-state index in [1.54, 1.807) is 42.5 Å². The molecule has 0 unspecified atom stereocenters. The van der Waals surface area contributed by atoms with E-state index in [2.05, 4.69) is 10.4 Å². The molecule has 0 fully saturated rings. The topological polar surface area (TPSA) is 86.4 Å². The molecule has 2 heterocycles. The highest BCUT2D eigenvalue weighted by molar-refractivity contribution is 6.30. The molecule has 0 bridgehead atoms. The van der Waals surface area contributed by atoms with E-state index in [-0.39, 0.29) is 31.2 Å². The fourth-order valence-corrected chi connectivity index (χ4v) is 2.40.